The topological polar surface area (TPSA) is 15.3 Å². The monoisotopic (exact) mass is 270 g/mol. The molecular weight excluding hydrogens is 244 g/mol. The standard InChI is InChI=1S/C18H26N2/c1-14(15-9-11-17(19-2)12-10-15)20-13-5-7-16-6-3-4-8-18(16)20/h9-12,16,18-19H,1,3-8,13H2,2H3. The number of hydrogen-bond acceptors (Lipinski definition) is 2. The van der Waals surface area contributed by atoms with Gasteiger partial charge in [-0.05, 0) is 49.3 Å². The van der Waals surface area contributed by atoms with Crippen LogP contribution in [0.1, 0.15) is 44.1 Å². The molecule has 0 amide bonds. The summed E-state index contributed by atoms with van der Waals surface area (Å²) in [5.74, 6) is 0.908. The summed E-state index contributed by atoms with van der Waals surface area (Å²) >= 11 is 0. The Bertz CT molecular complexity index is 461. The lowest BCUT2D eigenvalue weighted by Crippen LogP contribution is -2.45. The first kappa shape index (κ1) is 13.5. The van der Waals surface area contributed by atoms with Gasteiger partial charge in [-0.25, -0.2) is 0 Å². The summed E-state index contributed by atoms with van der Waals surface area (Å²) in [6.45, 7) is 5.59. The average Bonchev–Trinajstić information content (AvgIpc) is 2.54. The third kappa shape index (κ3) is 2.56. The van der Waals surface area contributed by atoms with Gasteiger partial charge < -0.3 is 10.2 Å². The SMILES string of the molecule is C=C(c1ccc(NC)cc1)N1CCCC2CCCCC21. The molecule has 1 aliphatic heterocycles. The highest BCUT2D eigenvalue weighted by molar-refractivity contribution is 5.64. The van der Waals surface area contributed by atoms with E-state index in [4.69, 9.17) is 0 Å². The summed E-state index contributed by atoms with van der Waals surface area (Å²) in [5.41, 5.74) is 3.66. The molecule has 2 atom stereocenters. The van der Waals surface area contributed by atoms with E-state index in [1.807, 2.05) is 7.05 Å². The molecule has 1 saturated carbocycles. The van der Waals surface area contributed by atoms with Crippen molar-refractivity contribution in [2.75, 3.05) is 18.9 Å². The largest absolute Gasteiger partial charge is 0.388 e. The smallest absolute Gasteiger partial charge is 0.0369 e. The minimum Gasteiger partial charge on any atom is -0.388 e. The van der Waals surface area contributed by atoms with Gasteiger partial charge in [0.05, 0.1) is 0 Å². The van der Waals surface area contributed by atoms with Crippen molar-refractivity contribution in [3.8, 4) is 0 Å². The van der Waals surface area contributed by atoms with Crippen molar-refractivity contribution in [2.45, 2.75) is 44.6 Å². The zero-order valence-electron chi connectivity index (χ0n) is 12.6. The number of nitrogens with zero attached hydrogens (tertiary/aromatic N) is 1. The molecule has 0 radical (unpaired) electrons. The number of benzene rings is 1. The maximum atomic E-state index is 4.40. The molecule has 0 spiro atoms. The fraction of sp³-hybridized carbons (Fsp3) is 0.556. The number of piperidine rings is 1. The Hall–Kier alpha value is -1.44. The minimum absolute atomic E-state index is 0.744. The summed E-state index contributed by atoms with van der Waals surface area (Å²) in [6, 6.07) is 9.42. The Morgan fingerprint density at radius 2 is 1.80 bits per heavy atom. The van der Waals surface area contributed by atoms with Crippen molar-refractivity contribution in [3.05, 3.63) is 36.4 Å². The lowest BCUT2D eigenvalue weighted by Gasteiger charge is -2.46. The summed E-state index contributed by atoms with van der Waals surface area (Å²) < 4.78 is 0. The summed E-state index contributed by atoms with van der Waals surface area (Å²) in [4.78, 5) is 2.60. The molecule has 2 nitrogen and oxygen atoms in total. The molecule has 1 heterocycles. The maximum absolute atomic E-state index is 4.40. The van der Waals surface area contributed by atoms with Gasteiger partial charge >= 0.3 is 0 Å². The first-order valence-electron chi connectivity index (χ1n) is 8.03. The highest BCUT2D eigenvalue weighted by Gasteiger charge is 2.33. The van der Waals surface area contributed by atoms with E-state index in [2.05, 4.69) is 41.1 Å². The van der Waals surface area contributed by atoms with Crippen molar-refractivity contribution < 1.29 is 0 Å². The van der Waals surface area contributed by atoms with Gasteiger partial charge in [-0.1, -0.05) is 31.6 Å². The third-order valence-corrected chi connectivity index (χ3v) is 5.10. The molecule has 2 aliphatic rings. The van der Waals surface area contributed by atoms with Gasteiger partial charge in [0, 0.05) is 31.0 Å². The van der Waals surface area contributed by atoms with Crippen LogP contribution in [-0.2, 0) is 0 Å². The summed E-state index contributed by atoms with van der Waals surface area (Å²) in [7, 11) is 1.96. The maximum Gasteiger partial charge on any atom is 0.0369 e. The molecule has 2 unspecified atom stereocenters. The van der Waals surface area contributed by atoms with E-state index in [-0.39, 0.29) is 0 Å². The number of anilines is 1. The summed E-state index contributed by atoms with van der Waals surface area (Å²) in [6.07, 6.45) is 8.36. The molecule has 0 bridgehead atoms. The highest BCUT2D eigenvalue weighted by atomic mass is 15.2. The van der Waals surface area contributed by atoms with Crippen LogP contribution in [0.2, 0.25) is 0 Å². The summed E-state index contributed by atoms with van der Waals surface area (Å²) in [5, 5.41) is 3.17. The zero-order valence-corrected chi connectivity index (χ0v) is 12.6. The second kappa shape index (κ2) is 5.90. The number of rotatable bonds is 3. The van der Waals surface area contributed by atoms with Gasteiger partial charge in [-0.3, -0.25) is 0 Å². The van der Waals surface area contributed by atoms with Crippen LogP contribution in [-0.4, -0.2) is 24.5 Å². The molecule has 1 N–H and O–H groups in total. The van der Waals surface area contributed by atoms with Crippen molar-refractivity contribution in [1.82, 2.24) is 4.90 Å². The Morgan fingerprint density at radius 3 is 2.55 bits per heavy atom. The fourth-order valence-electron chi connectivity index (χ4n) is 3.96. The Kier molecular flexibility index (Phi) is 4.00. The van der Waals surface area contributed by atoms with E-state index < -0.39 is 0 Å². The Labute approximate surface area is 122 Å². The van der Waals surface area contributed by atoms with E-state index in [0.717, 1.165) is 17.6 Å². The minimum atomic E-state index is 0.744. The van der Waals surface area contributed by atoms with E-state index in [1.54, 1.807) is 0 Å². The van der Waals surface area contributed by atoms with E-state index in [0.29, 0.717) is 0 Å². The molecule has 2 heteroatoms. The van der Waals surface area contributed by atoms with Crippen molar-refractivity contribution in [3.63, 3.8) is 0 Å². The lowest BCUT2D eigenvalue weighted by molar-refractivity contribution is 0.111. The molecule has 1 aromatic carbocycles. The van der Waals surface area contributed by atoms with Gasteiger partial charge in [-0.2, -0.15) is 0 Å². The molecule has 1 aliphatic carbocycles. The van der Waals surface area contributed by atoms with Crippen molar-refractivity contribution in [1.29, 1.82) is 0 Å². The first-order chi connectivity index (χ1) is 9.79. The molecule has 3 rings (SSSR count). The van der Waals surface area contributed by atoms with Crippen LogP contribution < -0.4 is 5.32 Å². The molecular formula is C18H26N2. The second-order valence-electron chi connectivity index (χ2n) is 6.22. The Morgan fingerprint density at radius 1 is 1.10 bits per heavy atom. The Balaban J connectivity index is 1.77. The van der Waals surface area contributed by atoms with E-state index in [9.17, 15) is 0 Å². The van der Waals surface area contributed by atoms with Crippen LogP contribution in [0, 0.1) is 5.92 Å². The predicted octanol–water partition coefficient (Wildman–Crippen LogP) is 4.35. The average molecular weight is 270 g/mol. The lowest BCUT2D eigenvalue weighted by atomic mass is 9.78. The van der Waals surface area contributed by atoms with Crippen LogP contribution in [0.25, 0.3) is 5.70 Å². The quantitative estimate of drug-likeness (QED) is 0.878. The molecule has 1 saturated heterocycles. The second-order valence-corrected chi connectivity index (χ2v) is 6.22. The third-order valence-electron chi connectivity index (χ3n) is 5.10. The molecule has 2 fully saturated rings. The van der Waals surface area contributed by atoms with Crippen molar-refractivity contribution >= 4 is 11.4 Å². The molecule has 108 valence electrons. The van der Waals surface area contributed by atoms with E-state index in [1.165, 1.54) is 56.3 Å². The van der Waals surface area contributed by atoms with Gasteiger partial charge in [-0.15, -0.1) is 0 Å². The first-order valence-corrected chi connectivity index (χ1v) is 8.03. The normalized spacial score (nSPS) is 25.9. The van der Waals surface area contributed by atoms with Crippen LogP contribution in [0.3, 0.4) is 0 Å². The molecule has 0 aromatic heterocycles. The number of likely N-dealkylation sites (tertiary alicyclic amines) is 1. The number of hydrogen-bond donors (Lipinski definition) is 1. The van der Waals surface area contributed by atoms with Crippen LogP contribution in [0.15, 0.2) is 30.8 Å². The van der Waals surface area contributed by atoms with Gasteiger partial charge in [0.15, 0.2) is 0 Å². The molecule has 20 heavy (non-hydrogen) atoms. The predicted molar refractivity (Wildman–Crippen MR) is 86.7 cm³/mol. The van der Waals surface area contributed by atoms with Crippen molar-refractivity contribution in [2.24, 2.45) is 5.92 Å². The molecule has 1 aromatic rings. The highest BCUT2D eigenvalue weighted by Crippen LogP contribution is 2.38. The van der Waals surface area contributed by atoms with Gasteiger partial charge in [0.1, 0.15) is 0 Å². The van der Waals surface area contributed by atoms with Gasteiger partial charge in [0.25, 0.3) is 0 Å². The van der Waals surface area contributed by atoms with E-state index >= 15 is 0 Å². The van der Waals surface area contributed by atoms with Crippen LogP contribution in [0.5, 0.6) is 0 Å². The van der Waals surface area contributed by atoms with Gasteiger partial charge in [0.2, 0.25) is 0 Å². The fourth-order valence-corrected chi connectivity index (χ4v) is 3.96. The van der Waals surface area contributed by atoms with Crippen LogP contribution >= 0.6 is 0 Å². The number of nitrogens with one attached hydrogen (secondary N) is 1. The number of fused-ring (bicyclic) bond motifs is 1. The van der Waals surface area contributed by atoms with Crippen LogP contribution in [0.4, 0.5) is 5.69 Å². The zero-order chi connectivity index (χ0) is 13.9.